The van der Waals surface area contributed by atoms with Gasteiger partial charge in [-0.3, -0.25) is 9.88 Å². The SMILES string of the molecule is CCN(CC)c1cnccc1CN1CN(c2ccc(OC(F)(F)F)cc2)CC1(C)C. The molecule has 0 N–H and O–H groups in total. The molecule has 0 unspecified atom stereocenters. The van der Waals surface area contributed by atoms with Gasteiger partial charge in [0.25, 0.3) is 0 Å². The third kappa shape index (κ3) is 5.16. The third-order valence-electron chi connectivity index (χ3n) is 5.56. The molecule has 3 rings (SSSR count). The highest BCUT2D eigenvalue weighted by Crippen LogP contribution is 2.33. The Kier molecular flexibility index (Phi) is 6.45. The molecule has 2 aromatic rings. The van der Waals surface area contributed by atoms with Crippen LogP contribution in [0.3, 0.4) is 0 Å². The van der Waals surface area contributed by atoms with Crippen LogP contribution in [0, 0.1) is 0 Å². The van der Waals surface area contributed by atoms with Crippen LogP contribution in [0.2, 0.25) is 0 Å². The van der Waals surface area contributed by atoms with Crippen molar-refractivity contribution >= 4 is 11.4 Å². The zero-order chi connectivity index (χ0) is 21.9. The second kappa shape index (κ2) is 8.71. The Morgan fingerprint density at radius 2 is 1.77 bits per heavy atom. The molecular weight excluding hydrogens is 393 g/mol. The molecule has 164 valence electrons. The second-order valence-electron chi connectivity index (χ2n) is 8.07. The summed E-state index contributed by atoms with van der Waals surface area (Å²) in [5.41, 5.74) is 3.15. The summed E-state index contributed by atoms with van der Waals surface area (Å²) in [6, 6.07) is 8.14. The first-order valence-corrected chi connectivity index (χ1v) is 10.2. The fourth-order valence-electron chi connectivity index (χ4n) is 3.91. The predicted molar refractivity (Wildman–Crippen MR) is 113 cm³/mol. The van der Waals surface area contributed by atoms with E-state index < -0.39 is 6.36 Å². The van der Waals surface area contributed by atoms with Crippen LogP contribution in [0.4, 0.5) is 24.5 Å². The minimum Gasteiger partial charge on any atom is -0.406 e. The van der Waals surface area contributed by atoms with Gasteiger partial charge in [0.2, 0.25) is 0 Å². The van der Waals surface area contributed by atoms with Gasteiger partial charge < -0.3 is 14.5 Å². The molecule has 0 radical (unpaired) electrons. The number of alkyl halides is 3. The molecule has 0 spiro atoms. The fourth-order valence-corrected chi connectivity index (χ4v) is 3.91. The standard InChI is InChI=1S/C22H29F3N4O/c1-5-27(6-2)20-13-26-12-11-17(20)14-29-16-28(15-21(29,3)4)18-7-9-19(10-8-18)30-22(23,24)25/h7-13H,5-6,14-16H2,1-4H3. The van der Waals surface area contributed by atoms with Crippen molar-refractivity contribution < 1.29 is 17.9 Å². The summed E-state index contributed by atoms with van der Waals surface area (Å²) < 4.78 is 41.2. The number of aromatic nitrogens is 1. The first-order valence-electron chi connectivity index (χ1n) is 10.2. The monoisotopic (exact) mass is 422 g/mol. The van der Waals surface area contributed by atoms with Crippen molar-refractivity contribution in [2.24, 2.45) is 0 Å². The molecule has 0 aliphatic carbocycles. The highest BCUT2D eigenvalue weighted by Gasteiger charge is 2.37. The van der Waals surface area contributed by atoms with E-state index in [2.05, 4.69) is 58.2 Å². The third-order valence-corrected chi connectivity index (χ3v) is 5.56. The Morgan fingerprint density at radius 3 is 2.37 bits per heavy atom. The lowest BCUT2D eigenvalue weighted by molar-refractivity contribution is -0.274. The summed E-state index contributed by atoms with van der Waals surface area (Å²) >= 11 is 0. The van der Waals surface area contributed by atoms with Gasteiger partial charge in [-0.15, -0.1) is 13.2 Å². The zero-order valence-corrected chi connectivity index (χ0v) is 17.9. The average molecular weight is 422 g/mol. The normalized spacial score (nSPS) is 16.7. The topological polar surface area (TPSA) is 31.8 Å². The highest BCUT2D eigenvalue weighted by atomic mass is 19.4. The Labute approximate surface area is 176 Å². The van der Waals surface area contributed by atoms with E-state index in [0.29, 0.717) is 6.67 Å². The minimum absolute atomic E-state index is 0.0923. The number of nitrogens with zero attached hydrogens (tertiary/aromatic N) is 4. The molecule has 5 nitrogen and oxygen atoms in total. The molecule has 1 aliphatic rings. The second-order valence-corrected chi connectivity index (χ2v) is 8.07. The van der Waals surface area contributed by atoms with Crippen LogP contribution < -0.4 is 14.5 Å². The van der Waals surface area contributed by atoms with Gasteiger partial charge in [-0.25, -0.2) is 0 Å². The maximum atomic E-state index is 12.4. The number of hydrogen-bond acceptors (Lipinski definition) is 5. The van der Waals surface area contributed by atoms with Gasteiger partial charge in [0.1, 0.15) is 5.75 Å². The maximum absolute atomic E-state index is 12.4. The Morgan fingerprint density at radius 1 is 1.10 bits per heavy atom. The van der Waals surface area contributed by atoms with Crippen LogP contribution in [-0.4, -0.2) is 48.1 Å². The zero-order valence-electron chi connectivity index (χ0n) is 17.9. The van der Waals surface area contributed by atoms with Crippen molar-refractivity contribution in [2.75, 3.05) is 36.1 Å². The number of rotatable bonds is 7. The smallest absolute Gasteiger partial charge is 0.406 e. The van der Waals surface area contributed by atoms with Crippen LogP contribution in [0.5, 0.6) is 5.75 Å². The number of anilines is 2. The Bertz CT molecular complexity index is 835. The van der Waals surface area contributed by atoms with Crippen LogP contribution in [0.1, 0.15) is 33.3 Å². The lowest BCUT2D eigenvalue weighted by Crippen LogP contribution is -2.40. The van der Waals surface area contributed by atoms with Crippen molar-refractivity contribution in [1.82, 2.24) is 9.88 Å². The van der Waals surface area contributed by atoms with Crippen LogP contribution in [0.15, 0.2) is 42.7 Å². The number of pyridine rings is 1. The molecule has 1 fully saturated rings. The minimum atomic E-state index is -4.68. The molecule has 8 heteroatoms. The van der Waals surface area contributed by atoms with E-state index in [9.17, 15) is 13.2 Å². The molecule has 2 heterocycles. The van der Waals surface area contributed by atoms with E-state index in [1.165, 1.54) is 17.7 Å². The number of ether oxygens (including phenoxy) is 1. The van der Waals surface area contributed by atoms with Crippen LogP contribution in [-0.2, 0) is 6.54 Å². The van der Waals surface area contributed by atoms with Gasteiger partial charge in [-0.05, 0) is 63.6 Å². The van der Waals surface area contributed by atoms with Crippen molar-refractivity contribution in [1.29, 1.82) is 0 Å². The van der Waals surface area contributed by atoms with Crippen molar-refractivity contribution in [3.05, 3.63) is 48.3 Å². The van der Waals surface area contributed by atoms with E-state index in [0.717, 1.165) is 37.6 Å². The van der Waals surface area contributed by atoms with Crippen LogP contribution in [0.25, 0.3) is 0 Å². The summed E-state index contributed by atoms with van der Waals surface area (Å²) in [5.74, 6) is -0.206. The van der Waals surface area contributed by atoms with Crippen molar-refractivity contribution in [2.45, 2.75) is 46.1 Å². The van der Waals surface area contributed by atoms with Gasteiger partial charge in [-0.1, -0.05) is 0 Å². The largest absolute Gasteiger partial charge is 0.573 e. The quantitative estimate of drug-likeness (QED) is 0.635. The molecular formula is C22H29F3N4O. The first kappa shape index (κ1) is 22.2. The van der Waals surface area contributed by atoms with Crippen LogP contribution >= 0.6 is 0 Å². The Balaban J connectivity index is 1.75. The summed E-state index contributed by atoms with van der Waals surface area (Å²) in [5, 5.41) is 0. The van der Waals surface area contributed by atoms with Gasteiger partial charge in [0.05, 0.1) is 18.6 Å². The molecule has 30 heavy (non-hydrogen) atoms. The van der Waals surface area contributed by atoms with Crippen molar-refractivity contribution in [3.63, 3.8) is 0 Å². The van der Waals surface area contributed by atoms with E-state index in [1.807, 2.05) is 12.4 Å². The summed E-state index contributed by atoms with van der Waals surface area (Å²) in [4.78, 5) is 11.2. The van der Waals surface area contributed by atoms with E-state index >= 15 is 0 Å². The molecule has 1 saturated heterocycles. The summed E-state index contributed by atoms with van der Waals surface area (Å²) in [6.45, 7) is 12.7. The van der Waals surface area contributed by atoms with Gasteiger partial charge in [0.15, 0.2) is 0 Å². The van der Waals surface area contributed by atoms with E-state index in [4.69, 9.17) is 0 Å². The van der Waals surface area contributed by atoms with E-state index in [-0.39, 0.29) is 11.3 Å². The summed E-state index contributed by atoms with van der Waals surface area (Å²) in [7, 11) is 0. The first-order chi connectivity index (χ1) is 14.1. The number of halogens is 3. The molecule has 1 aromatic heterocycles. The number of benzene rings is 1. The molecule has 0 atom stereocenters. The molecule has 0 bridgehead atoms. The van der Waals surface area contributed by atoms with Crippen molar-refractivity contribution in [3.8, 4) is 5.75 Å². The average Bonchev–Trinajstić information content (AvgIpc) is 2.97. The molecule has 0 amide bonds. The lowest BCUT2D eigenvalue weighted by atomic mass is 10.0. The maximum Gasteiger partial charge on any atom is 0.573 e. The fraction of sp³-hybridized carbons (Fsp3) is 0.500. The van der Waals surface area contributed by atoms with Gasteiger partial charge in [-0.2, -0.15) is 0 Å². The number of hydrogen-bond donors (Lipinski definition) is 0. The Hall–Kier alpha value is -2.48. The highest BCUT2D eigenvalue weighted by molar-refractivity contribution is 5.53. The molecule has 1 aliphatic heterocycles. The van der Waals surface area contributed by atoms with E-state index in [1.54, 1.807) is 12.1 Å². The molecule has 0 saturated carbocycles. The summed E-state index contributed by atoms with van der Waals surface area (Å²) in [6.07, 6.45) is -0.938. The van der Waals surface area contributed by atoms with Gasteiger partial charge in [0, 0.05) is 43.6 Å². The van der Waals surface area contributed by atoms with Gasteiger partial charge >= 0.3 is 6.36 Å². The lowest BCUT2D eigenvalue weighted by Gasteiger charge is -2.31. The predicted octanol–water partition coefficient (Wildman–Crippen LogP) is 4.88. The molecule has 1 aromatic carbocycles.